The summed E-state index contributed by atoms with van der Waals surface area (Å²) >= 11 is 0. The van der Waals surface area contributed by atoms with Crippen LogP contribution in [0.15, 0.2) is 96.0 Å². The molecule has 174 valence electrons. The molecule has 3 aromatic carbocycles. The summed E-state index contributed by atoms with van der Waals surface area (Å²) in [4.78, 5) is 17.2. The van der Waals surface area contributed by atoms with Gasteiger partial charge in [-0.2, -0.15) is 0 Å². The number of carbonyl (C=O) groups is 1. The Bertz CT molecular complexity index is 1550. The van der Waals surface area contributed by atoms with E-state index in [-0.39, 0.29) is 10.5 Å². The number of sulfonamides is 1. The van der Waals surface area contributed by atoms with E-state index in [2.05, 4.69) is 26.9 Å². The molecule has 2 N–H and O–H groups in total. The van der Waals surface area contributed by atoms with Crippen LogP contribution in [0, 0.1) is 25.7 Å². The number of aromatic nitrogens is 1. The molecular weight excluding hydrogens is 458 g/mol. The van der Waals surface area contributed by atoms with Gasteiger partial charge in [0, 0.05) is 23.0 Å². The zero-order valence-corrected chi connectivity index (χ0v) is 20.1. The summed E-state index contributed by atoms with van der Waals surface area (Å²) in [5.74, 6) is 5.60. The van der Waals surface area contributed by atoms with Crippen molar-refractivity contribution in [2.75, 3.05) is 10.0 Å². The highest BCUT2D eigenvalue weighted by molar-refractivity contribution is 7.92. The van der Waals surface area contributed by atoms with Gasteiger partial charge in [-0.05, 0) is 79.4 Å². The topological polar surface area (TPSA) is 88.2 Å². The Hall–Kier alpha value is -4.41. The van der Waals surface area contributed by atoms with E-state index in [1.54, 1.807) is 49.5 Å². The van der Waals surface area contributed by atoms with Gasteiger partial charge < -0.3 is 5.32 Å². The van der Waals surface area contributed by atoms with Crippen molar-refractivity contribution < 1.29 is 13.2 Å². The molecule has 0 radical (unpaired) electrons. The molecule has 35 heavy (non-hydrogen) atoms. The number of pyridine rings is 1. The number of carbonyl (C=O) groups excluding carboxylic acids is 1. The van der Waals surface area contributed by atoms with Gasteiger partial charge in [0.25, 0.3) is 15.9 Å². The van der Waals surface area contributed by atoms with Crippen LogP contribution in [0.4, 0.5) is 11.4 Å². The maximum absolute atomic E-state index is 13.0. The molecule has 0 fully saturated rings. The van der Waals surface area contributed by atoms with Gasteiger partial charge in [-0.3, -0.25) is 9.52 Å². The van der Waals surface area contributed by atoms with Gasteiger partial charge in [-0.25, -0.2) is 13.4 Å². The molecule has 4 rings (SSSR count). The number of anilines is 2. The molecule has 1 heterocycles. The first-order chi connectivity index (χ1) is 16.8. The van der Waals surface area contributed by atoms with Gasteiger partial charge in [-0.15, -0.1) is 0 Å². The highest BCUT2D eigenvalue weighted by Crippen LogP contribution is 2.22. The Morgan fingerprint density at radius 3 is 2.40 bits per heavy atom. The van der Waals surface area contributed by atoms with Crippen LogP contribution in [-0.2, 0) is 10.0 Å². The zero-order chi connectivity index (χ0) is 24.8. The third-order valence-electron chi connectivity index (χ3n) is 5.27. The number of hydrogen-bond acceptors (Lipinski definition) is 4. The second kappa shape index (κ2) is 10.2. The van der Waals surface area contributed by atoms with Crippen molar-refractivity contribution in [2.45, 2.75) is 18.7 Å². The molecule has 6 nitrogen and oxygen atoms in total. The molecule has 0 aliphatic rings. The normalized spacial score (nSPS) is 10.7. The number of nitrogens with one attached hydrogen (secondary N) is 2. The average Bonchev–Trinajstić information content (AvgIpc) is 2.85. The molecule has 0 saturated carbocycles. The van der Waals surface area contributed by atoms with Gasteiger partial charge in [-0.1, -0.05) is 42.3 Å². The van der Waals surface area contributed by atoms with Crippen LogP contribution in [-0.4, -0.2) is 19.3 Å². The maximum atomic E-state index is 13.0. The summed E-state index contributed by atoms with van der Waals surface area (Å²) < 4.78 is 28.5. The lowest BCUT2D eigenvalue weighted by molar-refractivity contribution is 0.102. The van der Waals surface area contributed by atoms with Crippen molar-refractivity contribution in [3.05, 3.63) is 119 Å². The van der Waals surface area contributed by atoms with Gasteiger partial charge >= 0.3 is 0 Å². The highest BCUT2D eigenvalue weighted by Gasteiger charge is 2.19. The standard InChI is InChI=1S/C28H23N3O3S/c1-20-13-16-25(35(33,34)31-27-12-4-3-8-21(27)2)19-26(20)28(32)30-24-11-7-9-22(18-24)14-15-23-10-5-6-17-29-23/h3-13,16-19,31H,1-2H3,(H,30,32). The predicted octanol–water partition coefficient (Wildman–Crippen LogP) is 5.15. The lowest BCUT2D eigenvalue weighted by Crippen LogP contribution is -2.17. The SMILES string of the molecule is Cc1ccccc1NS(=O)(=O)c1ccc(C)c(C(=O)Nc2cccc(C#Cc3ccccn3)c2)c1. The maximum Gasteiger partial charge on any atom is 0.261 e. The van der Waals surface area contributed by atoms with E-state index in [1.807, 2.05) is 43.3 Å². The molecule has 0 aliphatic heterocycles. The fourth-order valence-corrected chi connectivity index (χ4v) is 4.51. The van der Waals surface area contributed by atoms with E-state index < -0.39 is 15.9 Å². The van der Waals surface area contributed by atoms with Crippen molar-refractivity contribution >= 4 is 27.3 Å². The summed E-state index contributed by atoms with van der Waals surface area (Å²) in [5, 5.41) is 2.84. The Balaban J connectivity index is 1.55. The molecule has 0 aliphatic carbocycles. The smallest absolute Gasteiger partial charge is 0.261 e. The summed E-state index contributed by atoms with van der Waals surface area (Å²) in [6.45, 7) is 3.58. The van der Waals surface area contributed by atoms with E-state index in [4.69, 9.17) is 0 Å². The first-order valence-electron chi connectivity index (χ1n) is 10.9. The first kappa shape index (κ1) is 23.7. The molecule has 0 saturated heterocycles. The number of hydrogen-bond donors (Lipinski definition) is 2. The second-order valence-electron chi connectivity index (χ2n) is 7.90. The number of benzene rings is 3. The van der Waals surface area contributed by atoms with Gasteiger partial charge in [0.2, 0.25) is 0 Å². The molecule has 0 atom stereocenters. The minimum atomic E-state index is -3.88. The van der Waals surface area contributed by atoms with Crippen LogP contribution < -0.4 is 10.0 Å². The quantitative estimate of drug-likeness (QED) is 0.386. The third-order valence-corrected chi connectivity index (χ3v) is 6.64. The minimum absolute atomic E-state index is 0.00600. The largest absolute Gasteiger partial charge is 0.322 e. The summed E-state index contributed by atoms with van der Waals surface area (Å²) in [5.41, 5.74) is 4.12. The number of rotatable bonds is 5. The average molecular weight is 482 g/mol. The van der Waals surface area contributed by atoms with E-state index in [0.29, 0.717) is 28.2 Å². The molecule has 0 unspecified atom stereocenters. The lowest BCUT2D eigenvalue weighted by atomic mass is 10.1. The Morgan fingerprint density at radius 2 is 1.63 bits per heavy atom. The van der Waals surface area contributed by atoms with Crippen LogP contribution in [0.1, 0.15) is 32.7 Å². The van der Waals surface area contributed by atoms with Gasteiger partial charge in [0.05, 0.1) is 10.6 Å². The van der Waals surface area contributed by atoms with Crippen molar-refractivity contribution in [1.29, 1.82) is 0 Å². The predicted molar refractivity (Wildman–Crippen MR) is 138 cm³/mol. The molecule has 1 amide bonds. The zero-order valence-electron chi connectivity index (χ0n) is 19.2. The van der Waals surface area contributed by atoms with Gasteiger partial charge in [0.1, 0.15) is 5.69 Å². The van der Waals surface area contributed by atoms with Crippen LogP contribution in [0.3, 0.4) is 0 Å². The molecule has 1 aromatic heterocycles. The molecular formula is C28H23N3O3S. The van der Waals surface area contributed by atoms with Crippen molar-refractivity contribution in [3.8, 4) is 11.8 Å². The molecule has 4 aromatic rings. The van der Waals surface area contributed by atoms with Crippen molar-refractivity contribution in [3.63, 3.8) is 0 Å². The fourth-order valence-electron chi connectivity index (χ4n) is 3.35. The van der Waals surface area contributed by atoms with Crippen molar-refractivity contribution in [1.82, 2.24) is 4.98 Å². The Morgan fingerprint density at radius 1 is 0.829 bits per heavy atom. The lowest BCUT2D eigenvalue weighted by Gasteiger charge is -2.13. The number of amides is 1. The van der Waals surface area contributed by atoms with Crippen molar-refractivity contribution in [2.24, 2.45) is 0 Å². The molecule has 7 heteroatoms. The summed E-state index contributed by atoms with van der Waals surface area (Å²) in [7, 11) is -3.88. The second-order valence-corrected chi connectivity index (χ2v) is 9.58. The summed E-state index contributed by atoms with van der Waals surface area (Å²) in [6.07, 6.45) is 1.67. The van der Waals surface area contributed by atoms with Gasteiger partial charge in [0.15, 0.2) is 0 Å². The number of para-hydroxylation sites is 1. The van der Waals surface area contributed by atoms with Crippen LogP contribution in [0.25, 0.3) is 0 Å². The third kappa shape index (κ3) is 5.94. The van der Waals surface area contributed by atoms with E-state index in [0.717, 1.165) is 5.56 Å². The minimum Gasteiger partial charge on any atom is -0.322 e. The first-order valence-corrected chi connectivity index (χ1v) is 12.3. The van der Waals surface area contributed by atoms with E-state index in [1.165, 1.54) is 12.1 Å². The Labute approximate surface area is 205 Å². The fraction of sp³-hybridized carbons (Fsp3) is 0.0714. The monoisotopic (exact) mass is 481 g/mol. The van der Waals surface area contributed by atoms with E-state index >= 15 is 0 Å². The number of aryl methyl sites for hydroxylation is 2. The Kier molecular flexibility index (Phi) is 6.95. The highest BCUT2D eigenvalue weighted by atomic mass is 32.2. The summed E-state index contributed by atoms with van der Waals surface area (Å²) in [6, 6.07) is 24.2. The number of nitrogens with zero attached hydrogens (tertiary/aromatic N) is 1. The van der Waals surface area contributed by atoms with Crippen LogP contribution >= 0.6 is 0 Å². The van der Waals surface area contributed by atoms with Crippen LogP contribution in [0.2, 0.25) is 0 Å². The van der Waals surface area contributed by atoms with E-state index in [9.17, 15) is 13.2 Å². The molecule has 0 spiro atoms. The van der Waals surface area contributed by atoms with Crippen LogP contribution in [0.5, 0.6) is 0 Å². The molecule has 0 bridgehead atoms.